The molecule has 3 aromatic rings. The van der Waals surface area contributed by atoms with Crippen molar-refractivity contribution in [2.45, 2.75) is 9.79 Å². The Labute approximate surface area is 145 Å². The van der Waals surface area contributed by atoms with Crippen molar-refractivity contribution in [3.05, 3.63) is 66.9 Å². The van der Waals surface area contributed by atoms with Crippen LogP contribution in [0.5, 0.6) is 5.75 Å². The molecule has 0 saturated carbocycles. The third kappa shape index (κ3) is 2.76. The summed E-state index contributed by atoms with van der Waals surface area (Å²) in [5.41, 5.74) is 3.33. The molecule has 24 heavy (non-hydrogen) atoms. The number of rotatable bonds is 5. The van der Waals surface area contributed by atoms with E-state index in [1.54, 1.807) is 18.3 Å². The molecule has 3 nitrogen and oxygen atoms in total. The van der Waals surface area contributed by atoms with Gasteiger partial charge in [-0.3, -0.25) is 4.98 Å². The van der Waals surface area contributed by atoms with E-state index < -0.39 is 0 Å². The minimum absolute atomic E-state index is 0.205. The molecular weight excluding hydrogens is 316 g/mol. The lowest BCUT2D eigenvalue weighted by atomic mass is 10.0. The van der Waals surface area contributed by atoms with Crippen LogP contribution in [0.15, 0.2) is 65.5 Å². The second-order valence-electron chi connectivity index (χ2n) is 5.19. The van der Waals surface area contributed by atoms with Crippen molar-refractivity contribution >= 4 is 40.5 Å². The number of hydrogen-bond acceptors (Lipinski definition) is 4. The van der Waals surface area contributed by atoms with Crippen LogP contribution in [0.3, 0.4) is 0 Å². The van der Waals surface area contributed by atoms with Gasteiger partial charge < -0.3 is 10.4 Å². The van der Waals surface area contributed by atoms with Gasteiger partial charge in [0.25, 0.3) is 0 Å². The number of nitrogens with one attached hydrogen (secondary N) is 1. The number of aromatic hydroxyl groups is 1. The van der Waals surface area contributed by atoms with Crippen LogP contribution >= 0.6 is 11.8 Å². The summed E-state index contributed by atoms with van der Waals surface area (Å²) in [5, 5.41) is 14.9. The molecule has 0 aliphatic heterocycles. The van der Waals surface area contributed by atoms with Gasteiger partial charge in [-0.1, -0.05) is 55.3 Å². The summed E-state index contributed by atoms with van der Waals surface area (Å²) in [5.74, 6) is 0.205. The molecule has 2 aromatic carbocycles. The maximum Gasteiger partial charge on any atom is 0.137 e. The number of phenols is 1. The standard InChI is InChI=1S/C20H18N2OS/c1-4-14-15(5-2)20(23)18(12-16(14)21-3)24-17-10-6-8-13-9-7-11-22-19(13)17/h4-12,21,23H,1-2H2,3H3. The summed E-state index contributed by atoms with van der Waals surface area (Å²) in [6.45, 7) is 7.64. The van der Waals surface area contributed by atoms with Crippen LogP contribution in [0.4, 0.5) is 5.69 Å². The molecule has 0 spiro atoms. The molecule has 4 heteroatoms. The van der Waals surface area contributed by atoms with Crippen LogP contribution < -0.4 is 5.32 Å². The Balaban J connectivity index is 2.16. The molecule has 0 aliphatic carbocycles. The van der Waals surface area contributed by atoms with Crippen molar-refractivity contribution in [1.29, 1.82) is 0 Å². The first-order chi connectivity index (χ1) is 11.7. The SMILES string of the molecule is C=Cc1c(NC)cc(Sc2cccc3cccnc23)c(O)c1C=C. The fourth-order valence-electron chi connectivity index (χ4n) is 2.67. The lowest BCUT2D eigenvalue weighted by Crippen LogP contribution is -1.96. The van der Waals surface area contributed by atoms with Gasteiger partial charge in [-0.2, -0.15) is 0 Å². The van der Waals surface area contributed by atoms with Gasteiger partial charge >= 0.3 is 0 Å². The topological polar surface area (TPSA) is 45.2 Å². The third-order valence-electron chi connectivity index (χ3n) is 3.84. The molecule has 2 N–H and O–H groups in total. The van der Waals surface area contributed by atoms with Crippen LogP contribution in [-0.4, -0.2) is 17.1 Å². The number of aromatic nitrogens is 1. The van der Waals surface area contributed by atoms with E-state index in [0.29, 0.717) is 5.56 Å². The van der Waals surface area contributed by atoms with E-state index in [0.717, 1.165) is 31.9 Å². The molecule has 1 aromatic heterocycles. The van der Waals surface area contributed by atoms with Crippen LogP contribution in [-0.2, 0) is 0 Å². The van der Waals surface area contributed by atoms with Crippen LogP contribution in [0.2, 0.25) is 0 Å². The average molecular weight is 334 g/mol. The number of phenolic OH excluding ortho intramolecular Hbond substituents is 1. The zero-order valence-corrected chi connectivity index (χ0v) is 14.2. The van der Waals surface area contributed by atoms with Gasteiger partial charge in [0.2, 0.25) is 0 Å². The van der Waals surface area contributed by atoms with Crippen molar-refractivity contribution in [1.82, 2.24) is 4.98 Å². The first-order valence-corrected chi connectivity index (χ1v) is 8.35. The number of fused-ring (bicyclic) bond motifs is 1. The molecule has 0 fully saturated rings. The largest absolute Gasteiger partial charge is 0.506 e. The lowest BCUT2D eigenvalue weighted by molar-refractivity contribution is 0.461. The predicted molar refractivity (Wildman–Crippen MR) is 104 cm³/mol. The van der Waals surface area contributed by atoms with Gasteiger partial charge in [0.1, 0.15) is 5.75 Å². The van der Waals surface area contributed by atoms with Crippen molar-refractivity contribution in [2.24, 2.45) is 0 Å². The van der Waals surface area contributed by atoms with E-state index in [1.165, 1.54) is 11.8 Å². The molecule has 120 valence electrons. The first kappa shape index (κ1) is 16.1. The summed E-state index contributed by atoms with van der Waals surface area (Å²) < 4.78 is 0. The number of benzene rings is 2. The Bertz CT molecular complexity index is 929. The van der Waals surface area contributed by atoms with Gasteiger partial charge in [-0.25, -0.2) is 0 Å². The Hall–Kier alpha value is -2.72. The highest BCUT2D eigenvalue weighted by Crippen LogP contribution is 2.43. The van der Waals surface area contributed by atoms with E-state index in [2.05, 4.69) is 23.5 Å². The summed E-state index contributed by atoms with van der Waals surface area (Å²) >= 11 is 1.49. The van der Waals surface area contributed by atoms with E-state index in [-0.39, 0.29) is 5.75 Å². The molecular formula is C20H18N2OS. The van der Waals surface area contributed by atoms with Gasteiger partial charge in [0, 0.05) is 40.3 Å². The van der Waals surface area contributed by atoms with Crippen molar-refractivity contribution in [2.75, 3.05) is 12.4 Å². The quantitative estimate of drug-likeness (QED) is 0.612. The highest BCUT2D eigenvalue weighted by Gasteiger charge is 2.15. The van der Waals surface area contributed by atoms with Crippen LogP contribution in [0.1, 0.15) is 11.1 Å². The van der Waals surface area contributed by atoms with Gasteiger partial charge in [-0.15, -0.1) is 0 Å². The zero-order chi connectivity index (χ0) is 17.1. The highest BCUT2D eigenvalue weighted by atomic mass is 32.2. The van der Waals surface area contributed by atoms with Gasteiger partial charge in [-0.05, 0) is 18.2 Å². The molecule has 1 heterocycles. The number of para-hydroxylation sites is 1. The second kappa shape index (κ2) is 6.81. The third-order valence-corrected chi connectivity index (χ3v) is 4.92. The fourth-order valence-corrected chi connectivity index (χ4v) is 3.70. The molecule has 0 saturated heterocycles. The van der Waals surface area contributed by atoms with E-state index in [4.69, 9.17) is 0 Å². The minimum Gasteiger partial charge on any atom is -0.506 e. The van der Waals surface area contributed by atoms with Crippen molar-refractivity contribution < 1.29 is 5.11 Å². The molecule has 0 amide bonds. The molecule has 0 aliphatic rings. The smallest absolute Gasteiger partial charge is 0.137 e. The molecule has 0 atom stereocenters. The fraction of sp³-hybridized carbons (Fsp3) is 0.0500. The number of nitrogens with zero attached hydrogens (tertiary/aromatic N) is 1. The second-order valence-corrected chi connectivity index (χ2v) is 6.27. The van der Waals surface area contributed by atoms with E-state index in [1.807, 2.05) is 43.4 Å². The predicted octanol–water partition coefficient (Wildman–Crippen LogP) is 5.42. The maximum absolute atomic E-state index is 10.7. The molecule has 3 rings (SSSR count). The van der Waals surface area contributed by atoms with Crippen molar-refractivity contribution in [3.63, 3.8) is 0 Å². The average Bonchev–Trinajstić information content (AvgIpc) is 2.63. The van der Waals surface area contributed by atoms with Crippen LogP contribution in [0, 0.1) is 0 Å². The van der Waals surface area contributed by atoms with Crippen LogP contribution in [0.25, 0.3) is 23.1 Å². The van der Waals surface area contributed by atoms with E-state index >= 15 is 0 Å². The zero-order valence-electron chi connectivity index (χ0n) is 13.4. The molecule has 0 radical (unpaired) electrons. The number of anilines is 1. The molecule has 0 bridgehead atoms. The Morgan fingerprint density at radius 2 is 1.83 bits per heavy atom. The summed E-state index contributed by atoms with van der Waals surface area (Å²) in [6.07, 6.45) is 5.15. The summed E-state index contributed by atoms with van der Waals surface area (Å²) in [7, 11) is 1.85. The number of hydrogen-bond donors (Lipinski definition) is 2. The maximum atomic E-state index is 10.7. The minimum atomic E-state index is 0.205. The summed E-state index contributed by atoms with van der Waals surface area (Å²) in [4.78, 5) is 6.21. The Morgan fingerprint density at radius 3 is 2.54 bits per heavy atom. The Morgan fingerprint density at radius 1 is 1.08 bits per heavy atom. The van der Waals surface area contributed by atoms with Crippen molar-refractivity contribution in [3.8, 4) is 5.75 Å². The highest BCUT2D eigenvalue weighted by molar-refractivity contribution is 7.99. The first-order valence-electron chi connectivity index (χ1n) is 7.53. The lowest BCUT2D eigenvalue weighted by Gasteiger charge is -2.15. The normalized spacial score (nSPS) is 10.5. The van der Waals surface area contributed by atoms with E-state index in [9.17, 15) is 5.11 Å². The molecule has 0 unspecified atom stereocenters. The Kier molecular flexibility index (Phi) is 4.58. The van der Waals surface area contributed by atoms with Gasteiger partial charge in [0.05, 0.1) is 10.4 Å². The van der Waals surface area contributed by atoms with Gasteiger partial charge in [0.15, 0.2) is 0 Å². The monoisotopic (exact) mass is 334 g/mol. The number of pyridine rings is 1. The summed E-state index contributed by atoms with van der Waals surface area (Å²) in [6, 6.07) is 11.9.